The van der Waals surface area contributed by atoms with Gasteiger partial charge >= 0.3 is 0 Å². The Kier molecular flexibility index (Phi) is 4.46. The van der Waals surface area contributed by atoms with Crippen LogP contribution in [0.25, 0.3) is 11.1 Å². The van der Waals surface area contributed by atoms with Crippen molar-refractivity contribution in [2.24, 2.45) is 0 Å². The summed E-state index contributed by atoms with van der Waals surface area (Å²) in [6, 6.07) is 13.4. The minimum Gasteiger partial charge on any atom is -0.289 e. The largest absolute Gasteiger partial charge is 0.289 e. The summed E-state index contributed by atoms with van der Waals surface area (Å²) in [5.41, 5.74) is 1.82. The third-order valence-electron chi connectivity index (χ3n) is 3.75. The van der Waals surface area contributed by atoms with E-state index in [9.17, 15) is 17.6 Å². The van der Waals surface area contributed by atoms with Crippen molar-refractivity contribution in [3.8, 4) is 11.1 Å². The normalized spacial score (nSPS) is 11.3. The molecule has 25 heavy (non-hydrogen) atoms. The summed E-state index contributed by atoms with van der Waals surface area (Å²) in [5.74, 6) is -0.844. The smallest absolute Gasteiger partial charge is 0.195 e. The van der Waals surface area contributed by atoms with E-state index >= 15 is 0 Å². The third-order valence-corrected chi connectivity index (χ3v) is 4.87. The van der Waals surface area contributed by atoms with Gasteiger partial charge in [-0.2, -0.15) is 0 Å². The first kappa shape index (κ1) is 17.0. The Labute approximate surface area is 144 Å². The number of hydrogen-bond acceptors (Lipinski definition) is 4. The van der Waals surface area contributed by atoms with Gasteiger partial charge in [0.05, 0.1) is 4.90 Å². The molecule has 0 saturated carbocycles. The molecule has 0 atom stereocenters. The van der Waals surface area contributed by atoms with E-state index in [1.54, 1.807) is 24.4 Å². The van der Waals surface area contributed by atoms with Gasteiger partial charge in [-0.15, -0.1) is 0 Å². The predicted octanol–water partition coefficient (Wildman–Crippen LogP) is 3.52. The van der Waals surface area contributed by atoms with Crippen LogP contribution in [0.1, 0.15) is 15.9 Å². The molecular weight excluding hydrogens is 341 g/mol. The molecule has 0 bridgehead atoms. The lowest BCUT2D eigenvalue weighted by Crippen LogP contribution is -2.05. The molecule has 3 rings (SSSR count). The fraction of sp³-hybridized carbons (Fsp3) is 0.0526. The maximum Gasteiger partial charge on any atom is 0.195 e. The molecule has 0 unspecified atom stereocenters. The second kappa shape index (κ2) is 6.57. The number of carbonyl (C=O) groups is 1. The van der Waals surface area contributed by atoms with Crippen LogP contribution in [0.4, 0.5) is 4.39 Å². The zero-order valence-corrected chi connectivity index (χ0v) is 14.1. The van der Waals surface area contributed by atoms with Crippen LogP contribution in [0.2, 0.25) is 0 Å². The van der Waals surface area contributed by atoms with Gasteiger partial charge in [0, 0.05) is 29.8 Å². The van der Waals surface area contributed by atoms with E-state index in [4.69, 9.17) is 0 Å². The summed E-state index contributed by atoms with van der Waals surface area (Å²) < 4.78 is 36.5. The fourth-order valence-corrected chi connectivity index (χ4v) is 3.12. The summed E-state index contributed by atoms with van der Waals surface area (Å²) in [7, 11) is -3.30. The van der Waals surface area contributed by atoms with Gasteiger partial charge in [0.25, 0.3) is 0 Å². The van der Waals surface area contributed by atoms with E-state index in [1.165, 1.54) is 42.6 Å². The highest BCUT2D eigenvalue weighted by Crippen LogP contribution is 2.26. The number of hydrogen-bond donors (Lipinski definition) is 0. The average Bonchev–Trinajstić information content (AvgIpc) is 2.60. The molecule has 0 aliphatic heterocycles. The Balaban J connectivity index is 2.06. The minimum atomic E-state index is -3.30. The lowest BCUT2D eigenvalue weighted by molar-refractivity contribution is 0.103. The van der Waals surface area contributed by atoms with Crippen molar-refractivity contribution in [2.75, 3.05) is 6.26 Å². The second-order valence-electron chi connectivity index (χ2n) is 5.56. The average molecular weight is 355 g/mol. The number of sulfone groups is 1. The highest BCUT2D eigenvalue weighted by Gasteiger charge is 2.16. The number of benzene rings is 2. The standard InChI is InChI=1S/C19H14FNO3S/c1-25(23,24)16-7-5-13(6-8-16)17-9-10-21-12-18(17)19(22)14-3-2-4-15(20)11-14/h2-12H,1H3. The van der Waals surface area contributed by atoms with Crippen LogP contribution in [0.3, 0.4) is 0 Å². The Morgan fingerprint density at radius 2 is 1.76 bits per heavy atom. The molecule has 6 heteroatoms. The summed E-state index contributed by atoms with van der Waals surface area (Å²) in [4.78, 5) is 16.9. The molecule has 3 aromatic rings. The quantitative estimate of drug-likeness (QED) is 0.672. The van der Waals surface area contributed by atoms with Crippen molar-refractivity contribution in [1.29, 1.82) is 0 Å². The zero-order valence-electron chi connectivity index (χ0n) is 13.3. The second-order valence-corrected chi connectivity index (χ2v) is 7.57. The van der Waals surface area contributed by atoms with Gasteiger partial charge < -0.3 is 0 Å². The summed E-state index contributed by atoms with van der Waals surface area (Å²) in [6.45, 7) is 0. The van der Waals surface area contributed by atoms with E-state index in [0.717, 1.165) is 6.26 Å². The molecule has 4 nitrogen and oxygen atoms in total. The molecule has 1 heterocycles. The molecule has 0 radical (unpaired) electrons. The van der Waals surface area contributed by atoms with Crippen LogP contribution in [0.5, 0.6) is 0 Å². The Bertz CT molecular complexity index is 1040. The molecule has 0 N–H and O–H groups in total. The number of halogens is 1. The number of rotatable bonds is 4. The van der Waals surface area contributed by atoms with Crippen LogP contribution in [0.15, 0.2) is 71.9 Å². The maximum atomic E-state index is 13.4. The van der Waals surface area contributed by atoms with Crippen molar-refractivity contribution in [1.82, 2.24) is 4.98 Å². The molecule has 1 aromatic heterocycles. The predicted molar refractivity (Wildman–Crippen MR) is 92.6 cm³/mol. The van der Waals surface area contributed by atoms with Crippen LogP contribution in [0, 0.1) is 5.82 Å². The van der Waals surface area contributed by atoms with E-state index in [1.807, 2.05) is 0 Å². The fourth-order valence-electron chi connectivity index (χ4n) is 2.49. The van der Waals surface area contributed by atoms with Gasteiger partial charge in [0.1, 0.15) is 5.82 Å². The first-order chi connectivity index (χ1) is 11.9. The molecule has 2 aromatic carbocycles. The highest BCUT2D eigenvalue weighted by molar-refractivity contribution is 7.90. The van der Waals surface area contributed by atoms with Gasteiger partial charge in [-0.05, 0) is 41.5 Å². The van der Waals surface area contributed by atoms with E-state index in [-0.39, 0.29) is 16.2 Å². The van der Waals surface area contributed by atoms with Crippen molar-refractivity contribution in [2.45, 2.75) is 4.90 Å². The van der Waals surface area contributed by atoms with Gasteiger partial charge in [-0.1, -0.05) is 24.3 Å². The van der Waals surface area contributed by atoms with Gasteiger partial charge in [0.15, 0.2) is 15.6 Å². The zero-order chi connectivity index (χ0) is 18.0. The van der Waals surface area contributed by atoms with Crippen molar-refractivity contribution in [3.05, 3.63) is 83.9 Å². The lowest BCUT2D eigenvalue weighted by Gasteiger charge is -2.09. The van der Waals surface area contributed by atoms with E-state index in [0.29, 0.717) is 16.7 Å². The van der Waals surface area contributed by atoms with Crippen molar-refractivity contribution >= 4 is 15.6 Å². The molecule has 126 valence electrons. The van der Waals surface area contributed by atoms with Crippen LogP contribution in [-0.4, -0.2) is 25.4 Å². The number of aromatic nitrogens is 1. The molecule has 0 fully saturated rings. The van der Waals surface area contributed by atoms with Crippen LogP contribution in [-0.2, 0) is 9.84 Å². The molecule has 0 aliphatic carbocycles. The molecule has 0 saturated heterocycles. The van der Waals surface area contributed by atoms with Crippen molar-refractivity contribution in [3.63, 3.8) is 0 Å². The SMILES string of the molecule is CS(=O)(=O)c1ccc(-c2ccncc2C(=O)c2cccc(F)c2)cc1. The molecule has 0 spiro atoms. The molecular formula is C19H14FNO3S. The van der Waals surface area contributed by atoms with Gasteiger partial charge in [0.2, 0.25) is 0 Å². The monoisotopic (exact) mass is 355 g/mol. The Morgan fingerprint density at radius 1 is 1.04 bits per heavy atom. The summed E-state index contributed by atoms with van der Waals surface area (Å²) >= 11 is 0. The lowest BCUT2D eigenvalue weighted by atomic mass is 9.96. The van der Waals surface area contributed by atoms with Crippen molar-refractivity contribution < 1.29 is 17.6 Å². The number of nitrogens with zero attached hydrogens (tertiary/aromatic N) is 1. The topological polar surface area (TPSA) is 64.1 Å². The third kappa shape index (κ3) is 3.64. The molecule has 0 amide bonds. The van der Waals surface area contributed by atoms with Crippen LogP contribution < -0.4 is 0 Å². The number of ketones is 1. The first-order valence-electron chi connectivity index (χ1n) is 7.41. The van der Waals surface area contributed by atoms with Gasteiger partial charge in [-0.3, -0.25) is 9.78 Å². The minimum absolute atomic E-state index is 0.198. The number of carbonyl (C=O) groups excluding carboxylic acids is 1. The van der Waals surface area contributed by atoms with Crippen LogP contribution >= 0.6 is 0 Å². The number of pyridine rings is 1. The summed E-state index contributed by atoms with van der Waals surface area (Å²) in [6.07, 6.45) is 4.10. The first-order valence-corrected chi connectivity index (χ1v) is 9.30. The van der Waals surface area contributed by atoms with E-state index < -0.39 is 15.7 Å². The molecule has 0 aliphatic rings. The Morgan fingerprint density at radius 3 is 2.40 bits per heavy atom. The van der Waals surface area contributed by atoms with Gasteiger partial charge in [-0.25, -0.2) is 12.8 Å². The van der Waals surface area contributed by atoms with E-state index in [2.05, 4.69) is 4.98 Å². The highest BCUT2D eigenvalue weighted by atomic mass is 32.2. The maximum absolute atomic E-state index is 13.4. The summed E-state index contributed by atoms with van der Waals surface area (Å²) in [5, 5.41) is 0. The Hall–Kier alpha value is -2.86.